The Morgan fingerprint density at radius 2 is 1.80 bits per heavy atom. The molecule has 0 saturated carbocycles. The fourth-order valence-corrected chi connectivity index (χ4v) is 5.01. The molecule has 0 saturated heterocycles. The highest BCUT2D eigenvalue weighted by molar-refractivity contribution is 6.30. The molecule has 2 aromatic rings. The Kier molecular flexibility index (Phi) is 13.4. The highest BCUT2D eigenvalue weighted by atomic mass is 35.5. The van der Waals surface area contributed by atoms with Crippen molar-refractivity contribution in [1.29, 1.82) is 0 Å². The molecule has 0 radical (unpaired) electrons. The number of unbranched alkanes of at least 4 members (excludes halogenated alkanes) is 3. The summed E-state index contributed by atoms with van der Waals surface area (Å²) in [4.78, 5) is 36.6. The predicted molar refractivity (Wildman–Crippen MR) is 162 cm³/mol. The third-order valence-electron chi connectivity index (χ3n) is 6.99. The van der Waals surface area contributed by atoms with Crippen LogP contribution < -0.4 is 15.4 Å². The van der Waals surface area contributed by atoms with Crippen molar-refractivity contribution in [2.75, 3.05) is 33.4 Å². The predicted octanol–water partition coefficient (Wildman–Crippen LogP) is 5.33. The van der Waals surface area contributed by atoms with Crippen LogP contribution >= 0.6 is 11.6 Å². The molecule has 0 bridgehead atoms. The van der Waals surface area contributed by atoms with Crippen LogP contribution in [0.5, 0.6) is 5.75 Å². The van der Waals surface area contributed by atoms with Gasteiger partial charge in [-0.15, -0.1) is 0 Å². The lowest BCUT2D eigenvalue weighted by molar-refractivity contribution is -0.384. The second-order valence-corrected chi connectivity index (χ2v) is 10.8. The van der Waals surface area contributed by atoms with Crippen molar-refractivity contribution in [3.63, 3.8) is 0 Å². The molecule has 1 heterocycles. The van der Waals surface area contributed by atoms with E-state index in [0.717, 1.165) is 32.1 Å². The molecule has 0 fully saturated rings. The average molecular weight is 670 g/mol. The lowest BCUT2D eigenvalue weighted by Crippen LogP contribution is -2.38. The maximum absolute atomic E-state index is 14.0. The average Bonchev–Trinajstić information content (AvgIpc) is 3.01. The number of non-ortho nitro benzene ring substituents is 1. The van der Waals surface area contributed by atoms with E-state index in [9.17, 15) is 38.0 Å². The van der Waals surface area contributed by atoms with Gasteiger partial charge >= 0.3 is 18.1 Å². The zero-order valence-corrected chi connectivity index (χ0v) is 26.0. The van der Waals surface area contributed by atoms with Gasteiger partial charge in [-0.05, 0) is 50.1 Å². The molecule has 0 aromatic heterocycles. The highest BCUT2D eigenvalue weighted by Crippen LogP contribution is 2.44. The maximum atomic E-state index is 14.0. The number of esters is 2. The van der Waals surface area contributed by atoms with Crippen LogP contribution in [-0.4, -0.2) is 67.7 Å². The summed E-state index contributed by atoms with van der Waals surface area (Å²) in [6.45, 7) is 2.23. The number of aliphatic hydroxyl groups excluding tert-OH is 1. The summed E-state index contributed by atoms with van der Waals surface area (Å²) in [6, 6.07) is 11.5. The van der Waals surface area contributed by atoms with E-state index in [4.69, 9.17) is 21.1 Å². The lowest BCUT2D eigenvalue weighted by Gasteiger charge is -2.31. The van der Waals surface area contributed by atoms with Crippen molar-refractivity contribution in [2.45, 2.75) is 50.8 Å². The van der Waals surface area contributed by atoms with Gasteiger partial charge in [0.2, 0.25) is 0 Å². The number of allylic oxidation sites excluding steroid dienone is 2. The third kappa shape index (κ3) is 10.2. The van der Waals surface area contributed by atoms with Gasteiger partial charge in [0.15, 0.2) is 0 Å². The Hall–Kier alpha value is -4.14. The number of nitro groups is 1. The van der Waals surface area contributed by atoms with Gasteiger partial charge in [0, 0.05) is 29.4 Å². The topological polar surface area (TPSA) is 149 Å². The van der Waals surface area contributed by atoms with Crippen LogP contribution in [0, 0.1) is 10.1 Å². The number of alkyl halides is 3. The Labute approximate surface area is 268 Å². The Morgan fingerprint density at radius 1 is 1.09 bits per heavy atom. The molecule has 46 heavy (non-hydrogen) atoms. The second kappa shape index (κ2) is 17.0. The van der Waals surface area contributed by atoms with E-state index in [2.05, 4.69) is 15.4 Å². The molecule has 1 aliphatic heterocycles. The summed E-state index contributed by atoms with van der Waals surface area (Å²) in [5.41, 5.74) is -3.38. The van der Waals surface area contributed by atoms with E-state index < -0.39 is 52.0 Å². The number of nitro benzene ring substituents is 1. The zero-order valence-electron chi connectivity index (χ0n) is 25.2. The van der Waals surface area contributed by atoms with E-state index in [1.165, 1.54) is 19.1 Å². The summed E-state index contributed by atoms with van der Waals surface area (Å²) in [6.07, 6.45) is -3.09. The van der Waals surface area contributed by atoms with Gasteiger partial charge in [0.25, 0.3) is 5.69 Å². The molecule has 0 spiro atoms. The maximum Gasteiger partial charge on any atom is 0.431 e. The largest absolute Gasteiger partial charge is 0.491 e. The molecular formula is C31H35ClF3N3O8. The Bertz CT molecular complexity index is 1460. The van der Waals surface area contributed by atoms with E-state index in [0.29, 0.717) is 36.7 Å². The first-order valence-corrected chi connectivity index (χ1v) is 14.8. The van der Waals surface area contributed by atoms with Gasteiger partial charge in [0.05, 0.1) is 35.7 Å². The van der Waals surface area contributed by atoms with Crippen LogP contribution in [0.1, 0.15) is 44.1 Å². The van der Waals surface area contributed by atoms with Gasteiger partial charge in [-0.25, -0.2) is 9.59 Å². The number of carbonyl (C=O) groups is 2. The first-order valence-electron chi connectivity index (χ1n) is 14.4. The van der Waals surface area contributed by atoms with E-state index >= 15 is 0 Å². The molecule has 11 nitrogen and oxygen atoms in total. The lowest BCUT2D eigenvalue weighted by atomic mass is 9.80. The molecule has 2 atom stereocenters. The molecule has 1 aliphatic rings. The number of aliphatic hydroxyl groups is 1. The normalized spacial score (nSPS) is 15.7. The minimum absolute atomic E-state index is 0.0480. The number of ether oxygens (including phenoxy) is 3. The SMILES string of the molecule is COC(=O)C1=C(C(F)(F)F)NC(C)=C(C(=O)OCCCCCCNCC(O)COc2cccc(Cl)c2)C1c1cccc([N+](=O)[O-])c1. The highest BCUT2D eigenvalue weighted by Gasteiger charge is 2.47. The number of rotatable bonds is 16. The van der Waals surface area contributed by atoms with E-state index in [1.54, 1.807) is 24.3 Å². The van der Waals surface area contributed by atoms with Crippen molar-refractivity contribution in [1.82, 2.24) is 10.6 Å². The zero-order chi connectivity index (χ0) is 33.9. The quantitative estimate of drug-likeness (QED) is 0.0926. The third-order valence-corrected chi connectivity index (χ3v) is 7.22. The molecule has 0 amide bonds. The Morgan fingerprint density at radius 3 is 2.48 bits per heavy atom. The van der Waals surface area contributed by atoms with Crippen LogP contribution in [0.4, 0.5) is 18.9 Å². The van der Waals surface area contributed by atoms with Crippen molar-refractivity contribution in [2.24, 2.45) is 0 Å². The summed E-state index contributed by atoms with van der Waals surface area (Å²) < 4.78 is 57.6. The Balaban J connectivity index is 1.54. The summed E-state index contributed by atoms with van der Waals surface area (Å²) in [5, 5.41) is 27.3. The number of nitrogens with zero attached hydrogens (tertiary/aromatic N) is 1. The number of hydrogen-bond acceptors (Lipinski definition) is 10. The molecule has 15 heteroatoms. The van der Waals surface area contributed by atoms with E-state index in [1.807, 2.05) is 0 Å². The minimum Gasteiger partial charge on any atom is -0.491 e. The smallest absolute Gasteiger partial charge is 0.431 e. The van der Waals surface area contributed by atoms with E-state index in [-0.39, 0.29) is 30.0 Å². The molecular weight excluding hydrogens is 635 g/mol. The molecule has 2 aromatic carbocycles. The van der Waals surface area contributed by atoms with Crippen LogP contribution in [0.15, 0.2) is 71.1 Å². The second-order valence-electron chi connectivity index (χ2n) is 10.4. The van der Waals surface area contributed by atoms with Gasteiger partial charge in [0.1, 0.15) is 24.2 Å². The number of halogens is 4. The first-order chi connectivity index (χ1) is 21.8. The molecule has 0 aliphatic carbocycles. The van der Waals surface area contributed by atoms with Gasteiger partial charge in [-0.2, -0.15) is 13.2 Å². The number of hydrogen-bond donors (Lipinski definition) is 3. The number of carbonyl (C=O) groups excluding carboxylic acids is 2. The fraction of sp³-hybridized carbons (Fsp3) is 0.419. The van der Waals surface area contributed by atoms with Crippen LogP contribution in [0.25, 0.3) is 0 Å². The van der Waals surface area contributed by atoms with Crippen molar-refractivity contribution >= 4 is 29.2 Å². The van der Waals surface area contributed by atoms with Crippen LogP contribution in [0.3, 0.4) is 0 Å². The monoisotopic (exact) mass is 669 g/mol. The summed E-state index contributed by atoms with van der Waals surface area (Å²) in [7, 11) is 0.895. The summed E-state index contributed by atoms with van der Waals surface area (Å²) in [5.74, 6) is -3.41. The van der Waals surface area contributed by atoms with Gasteiger partial charge in [-0.1, -0.05) is 42.6 Å². The molecule has 2 unspecified atom stereocenters. The first kappa shape index (κ1) is 36.3. The fourth-order valence-electron chi connectivity index (χ4n) is 4.83. The summed E-state index contributed by atoms with van der Waals surface area (Å²) >= 11 is 5.91. The number of dihydropyridines is 1. The number of benzene rings is 2. The molecule has 3 N–H and O–H groups in total. The van der Waals surface area contributed by atoms with Crippen molar-refractivity contribution in [3.8, 4) is 5.75 Å². The number of methoxy groups -OCH3 is 1. The van der Waals surface area contributed by atoms with Gasteiger partial charge in [-0.3, -0.25) is 10.1 Å². The van der Waals surface area contributed by atoms with Crippen LogP contribution in [0.2, 0.25) is 5.02 Å². The molecule has 250 valence electrons. The van der Waals surface area contributed by atoms with Gasteiger partial charge < -0.3 is 30.0 Å². The standard InChI is InChI=1S/C31H35ClF3N3O8/c1-19-25(26(20-9-7-11-22(15-20)38(42)43)27(29(40)44-2)28(37-19)31(33,34)35)30(41)45-14-6-4-3-5-13-36-17-23(39)18-46-24-12-8-10-21(32)16-24/h7-12,15-16,23,26,36-37,39H,3-6,13-14,17-18H2,1-2H3. The van der Waals surface area contributed by atoms with Crippen molar-refractivity contribution in [3.05, 3.63) is 91.8 Å². The van der Waals surface area contributed by atoms with Crippen molar-refractivity contribution < 1.29 is 47.0 Å². The number of nitrogens with one attached hydrogen (secondary N) is 2. The minimum atomic E-state index is -5.03. The molecule has 3 rings (SSSR count). The van der Waals surface area contributed by atoms with Crippen LogP contribution in [-0.2, 0) is 19.1 Å².